The molecular formula is C15H19F3N2. The Morgan fingerprint density at radius 2 is 1.80 bits per heavy atom. The minimum Gasteiger partial charge on any atom is -0.298 e. The average Bonchev–Trinajstić information content (AvgIpc) is 2.35. The normalized spacial score (nSPS) is 11.9. The van der Waals surface area contributed by atoms with Gasteiger partial charge in [-0.1, -0.05) is 26.0 Å². The van der Waals surface area contributed by atoms with Gasteiger partial charge in [-0.2, -0.15) is 18.4 Å². The van der Waals surface area contributed by atoms with Crippen LogP contribution in [0.5, 0.6) is 0 Å². The van der Waals surface area contributed by atoms with Crippen molar-refractivity contribution in [3.05, 3.63) is 35.4 Å². The maximum absolute atomic E-state index is 12.5. The summed E-state index contributed by atoms with van der Waals surface area (Å²) < 4.78 is 37.4. The molecule has 0 N–H and O–H groups in total. The van der Waals surface area contributed by atoms with Gasteiger partial charge in [0.15, 0.2) is 0 Å². The Morgan fingerprint density at radius 3 is 2.25 bits per heavy atom. The van der Waals surface area contributed by atoms with Crippen molar-refractivity contribution in [2.45, 2.75) is 33.0 Å². The van der Waals surface area contributed by atoms with E-state index in [0.717, 1.165) is 24.2 Å². The number of nitriles is 1. The van der Waals surface area contributed by atoms with Crippen molar-refractivity contribution in [2.24, 2.45) is 5.92 Å². The molecule has 0 saturated heterocycles. The first-order valence-corrected chi connectivity index (χ1v) is 6.58. The first-order chi connectivity index (χ1) is 9.32. The van der Waals surface area contributed by atoms with Crippen LogP contribution in [-0.4, -0.2) is 18.0 Å². The van der Waals surface area contributed by atoms with Crippen molar-refractivity contribution in [1.29, 1.82) is 5.26 Å². The van der Waals surface area contributed by atoms with E-state index >= 15 is 0 Å². The van der Waals surface area contributed by atoms with Crippen molar-refractivity contribution in [2.75, 3.05) is 13.1 Å². The number of rotatable bonds is 6. The summed E-state index contributed by atoms with van der Waals surface area (Å²) in [6.45, 7) is 6.18. The van der Waals surface area contributed by atoms with Crippen molar-refractivity contribution < 1.29 is 13.2 Å². The van der Waals surface area contributed by atoms with Crippen LogP contribution in [0, 0.1) is 17.2 Å². The highest BCUT2D eigenvalue weighted by Crippen LogP contribution is 2.29. The van der Waals surface area contributed by atoms with Gasteiger partial charge in [-0.3, -0.25) is 4.90 Å². The molecule has 0 heterocycles. The second-order valence-corrected chi connectivity index (χ2v) is 5.23. The van der Waals surface area contributed by atoms with Crippen LogP contribution >= 0.6 is 0 Å². The molecule has 0 aliphatic heterocycles. The predicted molar refractivity (Wildman–Crippen MR) is 71.8 cm³/mol. The number of hydrogen-bond donors (Lipinski definition) is 0. The quantitative estimate of drug-likeness (QED) is 0.787. The fourth-order valence-corrected chi connectivity index (χ4v) is 2.02. The minimum absolute atomic E-state index is 0.424. The number of benzene rings is 1. The van der Waals surface area contributed by atoms with Gasteiger partial charge in [0.25, 0.3) is 0 Å². The highest BCUT2D eigenvalue weighted by atomic mass is 19.4. The Morgan fingerprint density at radius 1 is 1.20 bits per heavy atom. The van der Waals surface area contributed by atoms with Gasteiger partial charge in [0, 0.05) is 26.1 Å². The molecule has 5 heteroatoms. The van der Waals surface area contributed by atoms with Crippen molar-refractivity contribution in [3.8, 4) is 6.07 Å². The molecule has 1 rings (SSSR count). The summed E-state index contributed by atoms with van der Waals surface area (Å²) in [5.74, 6) is 0.447. The van der Waals surface area contributed by atoms with E-state index in [-0.39, 0.29) is 0 Å². The molecule has 0 radical (unpaired) electrons. The molecular weight excluding hydrogens is 265 g/mol. The molecule has 0 aliphatic rings. The van der Waals surface area contributed by atoms with E-state index in [1.807, 2.05) is 0 Å². The van der Waals surface area contributed by atoms with Crippen LogP contribution in [0.25, 0.3) is 0 Å². The second-order valence-electron chi connectivity index (χ2n) is 5.23. The molecule has 0 fully saturated rings. The van der Waals surface area contributed by atoms with Gasteiger partial charge in [-0.05, 0) is 23.6 Å². The lowest BCUT2D eigenvalue weighted by molar-refractivity contribution is -0.137. The van der Waals surface area contributed by atoms with Gasteiger partial charge in [0.05, 0.1) is 11.6 Å². The van der Waals surface area contributed by atoms with Gasteiger partial charge in [0.2, 0.25) is 0 Å². The molecule has 0 unspecified atom stereocenters. The Balaban J connectivity index is 2.70. The van der Waals surface area contributed by atoms with E-state index < -0.39 is 11.7 Å². The molecule has 0 spiro atoms. The molecule has 0 saturated carbocycles. The first-order valence-electron chi connectivity index (χ1n) is 6.58. The third kappa shape index (κ3) is 5.62. The van der Waals surface area contributed by atoms with Crippen LogP contribution in [0.2, 0.25) is 0 Å². The van der Waals surface area contributed by atoms with Crippen LogP contribution in [0.1, 0.15) is 31.4 Å². The van der Waals surface area contributed by atoms with E-state index in [9.17, 15) is 13.2 Å². The van der Waals surface area contributed by atoms with Gasteiger partial charge in [-0.25, -0.2) is 0 Å². The van der Waals surface area contributed by atoms with E-state index in [1.165, 1.54) is 12.1 Å². The highest BCUT2D eigenvalue weighted by molar-refractivity contribution is 5.24. The van der Waals surface area contributed by atoms with Crippen molar-refractivity contribution in [1.82, 2.24) is 4.90 Å². The van der Waals surface area contributed by atoms with Crippen LogP contribution in [-0.2, 0) is 12.7 Å². The standard InChI is InChI=1S/C15H19F3N2/c1-12(2)10-20(9-3-8-19)11-13-4-6-14(7-5-13)15(16,17)18/h4-7,12H,3,9-11H2,1-2H3. The predicted octanol–water partition coefficient (Wildman–Crippen LogP) is 4.08. The van der Waals surface area contributed by atoms with Crippen molar-refractivity contribution >= 4 is 0 Å². The topological polar surface area (TPSA) is 27.0 Å². The lowest BCUT2D eigenvalue weighted by Crippen LogP contribution is -2.28. The molecule has 0 amide bonds. The Labute approximate surface area is 117 Å². The van der Waals surface area contributed by atoms with Crippen LogP contribution in [0.15, 0.2) is 24.3 Å². The Kier molecular flexibility index (Phi) is 6.03. The van der Waals surface area contributed by atoms with Crippen molar-refractivity contribution in [3.63, 3.8) is 0 Å². The number of alkyl halides is 3. The summed E-state index contributed by atoms with van der Waals surface area (Å²) in [4.78, 5) is 2.09. The smallest absolute Gasteiger partial charge is 0.298 e. The van der Waals surface area contributed by atoms with Gasteiger partial charge in [-0.15, -0.1) is 0 Å². The fourth-order valence-electron chi connectivity index (χ4n) is 2.02. The Bertz CT molecular complexity index is 444. The molecule has 110 valence electrons. The van der Waals surface area contributed by atoms with E-state index in [1.54, 1.807) is 0 Å². The molecule has 1 aromatic carbocycles. The van der Waals surface area contributed by atoms with Gasteiger partial charge in [0.1, 0.15) is 0 Å². The largest absolute Gasteiger partial charge is 0.416 e. The lowest BCUT2D eigenvalue weighted by atomic mass is 10.1. The summed E-state index contributed by atoms with van der Waals surface area (Å²) in [5, 5.41) is 8.64. The molecule has 0 bridgehead atoms. The first kappa shape index (κ1) is 16.5. The maximum Gasteiger partial charge on any atom is 0.416 e. The summed E-state index contributed by atoms with van der Waals surface area (Å²) in [5.41, 5.74) is 0.199. The molecule has 0 aromatic heterocycles. The van der Waals surface area contributed by atoms with E-state index in [0.29, 0.717) is 25.4 Å². The lowest BCUT2D eigenvalue weighted by Gasteiger charge is -2.23. The number of hydrogen-bond acceptors (Lipinski definition) is 2. The highest BCUT2D eigenvalue weighted by Gasteiger charge is 2.29. The zero-order valence-electron chi connectivity index (χ0n) is 11.7. The zero-order chi connectivity index (χ0) is 15.2. The molecule has 0 aliphatic carbocycles. The monoisotopic (exact) mass is 284 g/mol. The summed E-state index contributed by atoms with van der Waals surface area (Å²) in [7, 11) is 0. The summed E-state index contributed by atoms with van der Waals surface area (Å²) in [6, 6.07) is 7.31. The van der Waals surface area contributed by atoms with E-state index in [4.69, 9.17) is 5.26 Å². The second kappa shape index (κ2) is 7.30. The maximum atomic E-state index is 12.5. The third-order valence-corrected chi connectivity index (χ3v) is 2.85. The molecule has 20 heavy (non-hydrogen) atoms. The van der Waals surface area contributed by atoms with Crippen LogP contribution < -0.4 is 0 Å². The average molecular weight is 284 g/mol. The van der Waals surface area contributed by atoms with Crippen LogP contribution in [0.3, 0.4) is 0 Å². The Hall–Kier alpha value is -1.54. The molecule has 2 nitrogen and oxygen atoms in total. The molecule has 0 atom stereocenters. The summed E-state index contributed by atoms with van der Waals surface area (Å²) in [6.07, 6.45) is -3.87. The fraction of sp³-hybridized carbons (Fsp3) is 0.533. The van der Waals surface area contributed by atoms with Gasteiger partial charge < -0.3 is 0 Å². The van der Waals surface area contributed by atoms with Gasteiger partial charge >= 0.3 is 6.18 Å². The number of halogens is 3. The number of nitrogens with zero attached hydrogens (tertiary/aromatic N) is 2. The summed E-state index contributed by atoms with van der Waals surface area (Å²) >= 11 is 0. The molecule has 1 aromatic rings. The van der Waals surface area contributed by atoms with E-state index in [2.05, 4.69) is 24.8 Å². The SMILES string of the molecule is CC(C)CN(CCC#N)Cc1ccc(C(F)(F)F)cc1. The van der Waals surface area contributed by atoms with Crippen LogP contribution in [0.4, 0.5) is 13.2 Å². The zero-order valence-corrected chi connectivity index (χ0v) is 11.7. The third-order valence-electron chi connectivity index (χ3n) is 2.85. The minimum atomic E-state index is -4.29.